The molecule has 0 bridgehead atoms. The maximum Gasteiger partial charge on any atom is 0.337 e. The number of amides is 2. The Balaban J connectivity index is 1.76. The molecule has 0 fully saturated rings. The Labute approximate surface area is 146 Å². The topological polar surface area (TPSA) is 74.8 Å². The predicted molar refractivity (Wildman–Crippen MR) is 96.3 cm³/mol. The predicted octanol–water partition coefficient (Wildman–Crippen LogP) is 2.75. The van der Waals surface area contributed by atoms with Crippen LogP contribution >= 0.6 is 0 Å². The van der Waals surface area contributed by atoms with E-state index in [-0.39, 0.29) is 6.03 Å². The first-order valence-corrected chi connectivity index (χ1v) is 8.11. The Bertz CT molecular complexity index is 776. The molecule has 2 aromatic rings. The molecule has 7 heteroatoms. The van der Waals surface area contributed by atoms with Gasteiger partial charge in [0.1, 0.15) is 0 Å². The summed E-state index contributed by atoms with van der Waals surface area (Å²) in [5, 5.41) is 2.86. The van der Waals surface area contributed by atoms with Gasteiger partial charge in [0.15, 0.2) is 5.82 Å². The zero-order chi connectivity index (χ0) is 17.8. The first-order chi connectivity index (χ1) is 12.1. The van der Waals surface area contributed by atoms with Crippen LogP contribution in [0.5, 0.6) is 0 Å². The number of rotatable bonds is 3. The van der Waals surface area contributed by atoms with E-state index >= 15 is 0 Å². The number of hydrogen-bond acceptors (Lipinski definition) is 5. The number of methoxy groups -OCH3 is 1. The zero-order valence-corrected chi connectivity index (χ0v) is 14.2. The monoisotopic (exact) mass is 340 g/mol. The number of anilines is 3. The van der Waals surface area contributed by atoms with E-state index in [1.54, 1.807) is 35.4 Å². The summed E-state index contributed by atoms with van der Waals surface area (Å²) >= 11 is 0. The molecule has 1 N–H and O–H groups in total. The Kier molecular flexibility index (Phi) is 4.83. The van der Waals surface area contributed by atoms with E-state index in [1.165, 1.54) is 7.11 Å². The van der Waals surface area contributed by atoms with Crippen LogP contribution in [0.15, 0.2) is 42.6 Å². The second-order valence-electron chi connectivity index (χ2n) is 5.58. The molecule has 0 atom stereocenters. The van der Waals surface area contributed by atoms with Gasteiger partial charge in [0, 0.05) is 31.5 Å². The molecular formula is C18H20N4O3. The number of aromatic nitrogens is 1. The third-order valence-corrected chi connectivity index (χ3v) is 4.13. The highest BCUT2D eigenvalue weighted by Gasteiger charge is 2.27. The largest absolute Gasteiger partial charge is 0.465 e. The van der Waals surface area contributed by atoms with Gasteiger partial charge in [-0.15, -0.1) is 0 Å². The van der Waals surface area contributed by atoms with Crippen LogP contribution in [-0.2, 0) is 4.74 Å². The van der Waals surface area contributed by atoms with E-state index < -0.39 is 5.97 Å². The molecule has 1 aliphatic heterocycles. The highest BCUT2D eigenvalue weighted by molar-refractivity contribution is 6.04. The minimum atomic E-state index is -0.409. The first-order valence-electron chi connectivity index (χ1n) is 8.11. The Morgan fingerprint density at radius 2 is 1.96 bits per heavy atom. The molecular weight excluding hydrogens is 320 g/mol. The highest BCUT2D eigenvalue weighted by Crippen LogP contribution is 2.30. The molecule has 130 valence electrons. The SMILES string of the molecule is CCN1CCN(C(=O)Nc2ccc(C(=O)OC)cc2)c2cccnc21. The lowest BCUT2D eigenvalue weighted by Crippen LogP contribution is -2.46. The quantitative estimate of drug-likeness (QED) is 0.870. The van der Waals surface area contributed by atoms with Crippen molar-refractivity contribution < 1.29 is 14.3 Å². The van der Waals surface area contributed by atoms with Crippen LogP contribution in [0.1, 0.15) is 17.3 Å². The fourth-order valence-electron chi connectivity index (χ4n) is 2.81. The molecule has 25 heavy (non-hydrogen) atoms. The number of nitrogens with one attached hydrogen (secondary N) is 1. The summed E-state index contributed by atoms with van der Waals surface area (Å²) in [4.78, 5) is 32.4. The molecule has 0 radical (unpaired) electrons. The Morgan fingerprint density at radius 3 is 2.64 bits per heavy atom. The average molecular weight is 340 g/mol. The van der Waals surface area contributed by atoms with E-state index in [0.717, 1.165) is 24.6 Å². The number of urea groups is 1. The van der Waals surface area contributed by atoms with Crippen molar-refractivity contribution in [2.75, 3.05) is 41.9 Å². The molecule has 7 nitrogen and oxygen atoms in total. The molecule has 0 saturated heterocycles. The highest BCUT2D eigenvalue weighted by atomic mass is 16.5. The van der Waals surface area contributed by atoms with Gasteiger partial charge in [-0.3, -0.25) is 4.90 Å². The van der Waals surface area contributed by atoms with Crippen LogP contribution < -0.4 is 15.1 Å². The van der Waals surface area contributed by atoms with Gasteiger partial charge >= 0.3 is 12.0 Å². The molecule has 0 unspecified atom stereocenters. The number of likely N-dealkylation sites (N-methyl/N-ethyl adjacent to an activating group) is 1. The minimum Gasteiger partial charge on any atom is -0.465 e. The fraction of sp³-hybridized carbons (Fsp3) is 0.278. The first kappa shape index (κ1) is 16.8. The van der Waals surface area contributed by atoms with E-state index in [4.69, 9.17) is 0 Å². The molecule has 1 aromatic heterocycles. The molecule has 3 rings (SSSR count). The van der Waals surface area contributed by atoms with Crippen molar-refractivity contribution in [3.63, 3.8) is 0 Å². The molecule has 0 saturated carbocycles. The van der Waals surface area contributed by atoms with Crippen LogP contribution in [0.25, 0.3) is 0 Å². The van der Waals surface area contributed by atoms with Gasteiger partial charge < -0.3 is 15.0 Å². The second-order valence-corrected chi connectivity index (χ2v) is 5.58. The number of benzene rings is 1. The van der Waals surface area contributed by atoms with Crippen molar-refractivity contribution in [1.29, 1.82) is 0 Å². The summed E-state index contributed by atoms with van der Waals surface area (Å²) in [6, 6.07) is 10.1. The van der Waals surface area contributed by atoms with Crippen LogP contribution in [-0.4, -0.2) is 43.7 Å². The third kappa shape index (κ3) is 3.40. The van der Waals surface area contributed by atoms with Crippen molar-refractivity contribution in [2.45, 2.75) is 6.92 Å². The van der Waals surface area contributed by atoms with E-state index in [2.05, 4.69) is 26.9 Å². The lowest BCUT2D eigenvalue weighted by molar-refractivity contribution is 0.0601. The molecule has 1 aliphatic rings. The number of esters is 1. The summed E-state index contributed by atoms with van der Waals surface area (Å²) in [7, 11) is 1.33. The number of pyridine rings is 1. The van der Waals surface area contributed by atoms with Crippen LogP contribution in [0.4, 0.5) is 22.0 Å². The summed E-state index contributed by atoms with van der Waals surface area (Å²) in [5.41, 5.74) is 1.84. The Morgan fingerprint density at radius 1 is 1.20 bits per heavy atom. The zero-order valence-electron chi connectivity index (χ0n) is 14.2. The molecule has 1 aromatic carbocycles. The smallest absolute Gasteiger partial charge is 0.337 e. The van der Waals surface area contributed by atoms with Crippen LogP contribution in [0.3, 0.4) is 0 Å². The molecule has 2 heterocycles. The number of carbonyl (C=O) groups is 2. The second kappa shape index (κ2) is 7.21. The standard InChI is InChI=1S/C18H20N4O3/c1-3-21-11-12-22(15-5-4-10-19-16(15)21)18(24)20-14-8-6-13(7-9-14)17(23)25-2/h4-10H,3,11-12H2,1-2H3,(H,20,24). The number of hydrogen-bond donors (Lipinski definition) is 1. The molecule has 2 amide bonds. The van der Waals surface area contributed by atoms with Crippen LogP contribution in [0.2, 0.25) is 0 Å². The van der Waals surface area contributed by atoms with Gasteiger partial charge in [0.25, 0.3) is 0 Å². The average Bonchev–Trinajstić information content (AvgIpc) is 2.67. The lowest BCUT2D eigenvalue weighted by Gasteiger charge is -2.35. The number of carbonyl (C=O) groups excluding carboxylic acids is 2. The molecule has 0 spiro atoms. The molecule has 0 aliphatic carbocycles. The van der Waals surface area contributed by atoms with E-state index in [9.17, 15) is 9.59 Å². The normalized spacial score (nSPS) is 13.2. The van der Waals surface area contributed by atoms with Gasteiger partial charge in [-0.2, -0.15) is 0 Å². The van der Waals surface area contributed by atoms with Gasteiger partial charge in [-0.1, -0.05) is 0 Å². The van der Waals surface area contributed by atoms with Crippen LogP contribution in [0, 0.1) is 0 Å². The summed E-state index contributed by atoms with van der Waals surface area (Å²) in [5.74, 6) is 0.404. The number of nitrogens with zero attached hydrogens (tertiary/aromatic N) is 3. The van der Waals surface area contributed by atoms with Gasteiger partial charge in [-0.05, 0) is 43.3 Å². The van der Waals surface area contributed by atoms with Crippen molar-refractivity contribution in [3.05, 3.63) is 48.2 Å². The maximum atomic E-state index is 12.7. The summed E-state index contributed by atoms with van der Waals surface area (Å²) in [6.07, 6.45) is 1.73. The minimum absolute atomic E-state index is 0.226. The van der Waals surface area contributed by atoms with E-state index in [0.29, 0.717) is 17.8 Å². The van der Waals surface area contributed by atoms with Gasteiger partial charge in [-0.25, -0.2) is 14.6 Å². The van der Waals surface area contributed by atoms with Gasteiger partial charge in [0.05, 0.1) is 18.4 Å². The fourth-order valence-corrected chi connectivity index (χ4v) is 2.81. The Hall–Kier alpha value is -3.09. The summed E-state index contributed by atoms with van der Waals surface area (Å²) < 4.78 is 4.67. The van der Waals surface area contributed by atoms with Crippen molar-refractivity contribution in [3.8, 4) is 0 Å². The lowest BCUT2D eigenvalue weighted by atomic mass is 10.2. The van der Waals surface area contributed by atoms with E-state index in [1.807, 2.05) is 12.1 Å². The maximum absolute atomic E-state index is 12.7. The number of ether oxygens (including phenoxy) is 1. The third-order valence-electron chi connectivity index (χ3n) is 4.13. The van der Waals surface area contributed by atoms with Gasteiger partial charge in [0.2, 0.25) is 0 Å². The number of fused-ring (bicyclic) bond motifs is 1. The van der Waals surface area contributed by atoms with Crippen molar-refractivity contribution in [2.24, 2.45) is 0 Å². The summed E-state index contributed by atoms with van der Waals surface area (Å²) in [6.45, 7) is 4.22. The van der Waals surface area contributed by atoms with Crippen molar-refractivity contribution >= 4 is 29.2 Å². The van der Waals surface area contributed by atoms with Crippen molar-refractivity contribution in [1.82, 2.24) is 4.98 Å².